The molecule has 0 fully saturated rings. The number of carbonyl (C=O) groups excluding carboxylic acids is 1. The first-order valence-corrected chi connectivity index (χ1v) is 8.98. The molecule has 0 saturated carbocycles. The molecule has 134 valence electrons. The third-order valence-electron chi connectivity index (χ3n) is 4.77. The van der Waals surface area contributed by atoms with Gasteiger partial charge in [0.25, 0.3) is 0 Å². The first-order chi connectivity index (χ1) is 13.1. The summed E-state index contributed by atoms with van der Waals surface area (Å²) in [6, 6.07) is 17.7. The van der Waals surface area contributed by atoms with Crippen LogP contribution in [0, 0.1) is 13.8 Å². The molecule has 0 unspecified atom stereocenters. The topological polar surface area (TPSA) is 60.7 Å². The Labute approximate surface area is 157 Å². The molecule has 0 aliphatic rings. The number of ketones is 1. The molecule has 2 aromatic heterocycles. The standard InChI is InChI=1S/C22H20N4O/c1-15-6-3-7-17(14-15)11-12-21(27)18-8-4-10-20(16(18)2)26-22-19(24-25-26)9-5-13-23-22/h3-10,13-14H,11-12H2,1-2H3. The molecule has 0 radical (unpaired) electrons. The zero-order valence-corrected chi connectivity index (χ0v) is 15.4. The highest BCUT2D eigenvalue weighted by molar-refractivity contribution is 5.98. The summed E-state index contributed by atoms with van der Waals surface area (Å²) in [7, 11) is 0. The molecule has 5 heteroatoms. The summed E-state index contributed by atoms with van der Waals surface area (Å²) in [6.45, 7) is 4.01. The molecule has 0 N–H and O–H groups in total. The van der Waals surface area contributed by atoms with E-state index in [2.05, 4.69) is 40.4 Å². The van der Waals surface area contributed by atoms with Crippen LogP contribution in [-0.4, -0.2) is 25.8 Å². The van der Waals surface area contributed by atoms with Crippen LogP contribution in [0.1, 0.15) is 33.5 Å². The number of fused-ring (bicyclic) bond motifs is 1. The molecular weight excluding hydrogens is 336 g/mol. The molecule has 0 saturated heterocycles. The summed E-state index contributed by atoms with van der Waals surface area (Å²) >= 11 is 0. The fraction of sp³-hybridized carbons (Fsp3) is 0.182. The van der Waals surface area contributed by atoms with Crippen molar-refractivity contribution in [2.75, 3.05) is 0 Å². The number of hydrogen-bond donors (Lipinski definition) is 0. The Morgan fingerprint density at radius 1 is 1.04 bits per heavy atom. The van der Waals surface area contributed by atoms with E-state index >= 15 is 0 Å². The van der Waals surface area contributed by atoms with Gasteiger partial charge in [-0.05, 0) is 49.6 Å². The number of nitrogens with zero attached hydrogens (tertiary/aromatic N) is 4. The van der Waals surface area contributed by atoms with E-state index in [1.807, 2.05) is 43.3 Å². The van der Waals surface area contributed by atoms with Crippen LogP contribution in [0.15, 0.2) is 60.8 Å². The van der Waals surface area contributed by atoms with Gasteiger partial charge in [-0.1, -0.05) is 47.2 Å². The van der Waals surface area contributed by atoms with Crippen LogP contribution in [-0.2, 0) is 6.42 Å². The van der Waals surface area contributed by atoms with Crippen molar-refractivity contribution >= 4 is 16.9 Å². The Bertz CT molecular complexity index is 1130. The van der Waals surface area contributed by atoms with Crippen molar-refractivity contribution in [1.29, 1.82) is 0 Å². The van der Waals surface area contributed by atoms with E-state index in [-0.39, 0.29) is 5.78 Å². The van der Waals surface area contributed by atoms with E-state index in [4.69, 9.17) is 0 Å². The zero-order chi connectivity index (χ0) is 18.8. The number of aromatic nitrogens is 4. The van der Waals surface area contributed by atoms with Crippen molar-refractivity contribution in [1.82, 2.24) is 20.0 Å². The van der Waals surface area contributed by atoms with Gasteiger partial charge in [0.1, 0.15) is 5.52 Å². The minimum Gasteiger partial charge on any atom is -0.294 e. The van der Waals surface area contributed by atoms with Crippen molar-refractivity contribution in [2.45, 2.75) is 26.7 Å². The average Bonchev–Trinajstić information content (AvgIpc) is 3.10. The number of aryl methyl sites for hydroxylation is 2. The van der Waals surface area contributed by atoms with E-state index in [0.29, 0.717) is 12.1 Å². The van der Waals surface area contributed by atoms with Crippen molar-refractivity contribution in [3.63, 3.8) is 0 Å². The SMILES string of the molecule is Cc1cccc(CCC(=O)c2cccc(-n3nnc4cccnc43)c2C)c1. The van der Waals surface area contributed by atoms with E-state index in [1.54, 1.807) is 10.9 Å². The van der Waals surface area contributed by atoms with Crippen LogP contribution in [0.3, 0.4) is 0 Å². The Kier molecular flexibility index (Phi) is 4.50. The molecule has 0 spiro atoms. The van der Waals surface area contributed by atoms with Gasteiger partial charge in [-0.2, -0.15) is 4.68 Å². The van der Waals surface area contributed by atoms with Crippen LogP contribution >= 0.6 is 0 Å². The number of benzene rings is 2. The summed E-state index contributed by atoms with van der Waals surface area (Å²) in [5.74, 6) is 0.133. The maximum atomic E-state index is 12.8. The van der Waals surface area contributed by atoms with Gasteiger partial charge < -0.3 is 0 Å². The van der Waals surface area contributed by atoms with Gasteiger partial charge in [0.05, 0.1) is 5.69 Å². The van der Waals surface area contributed by atoms with E-state index in [1.165, 1.54) is 11.1 Å². The predicted octanol–water partition coefficient (Wildman–Crippen LogP) is 4.25. The number of Topliss-reactive ketones (excluding diaryl/α,β-unsaturated/α-hetero) is 1. The Morgan fingerprint density at radius 3 is 2.74 bits per heavy atom. The van der Waals surface area contributed by atoms with Gasteiger partial charge in [0.2, 0.25) is 0 Å². The van der Waals surface area contributed by atoms with Gasteiger partial charge in [-0.3, -0.25) is 4.79 Å². The van der Waals surface area contributed by atoms with Crippen LogP contribution < -0.4 is 0 Å². The first-order valence-electron chi connectivity index (χ1n) is 8.98. The molecular formula is C22H20N4O. The molecule has 0 amide bonds. The average molecular weight is 356 g/mol. The van der Waals surface area contributed by atoms with Crippen molar-refractivity contribution in [3.05, 3.63) is 83.0 Å². The summed E-state index contributed by atoms with van der Waals surface area (Å²) in [5, 5.41) is 8.38. The summed E-state index contributed by atoms with van der Waals surface area (Å²) < 4.78 is 1.70. The molecule has 2 heterocycles. The molecule has 0 atom stereocenters. The molecule has 0 aliphatic carbocycles. The zero-order valence-electron chi connectivity index (χ0n) is 15.4. The second kappa shape index (κ2) is 7.11. The number of hydrogen-bond acceptors (Lipinski definition) is 4. The van der Waals surface area contributed by atoms with Crippen LogP contribution in [0.5, 0.6) is 0 Å². The van der Waals surface area contributed by atoms with Crippen LogP contribution in [0.25, 0.3) is 16.9 Å². The largest absolute Gasteiger partial charge is 0.294 e. The van der Waals surface area contributed by atoms with E-state index < -0.39 is 0 Å². The lowest BCUT2D eigenvalue weighted by Gasteiger charge is -2.11. The lowest BCUT2D eigenvalue weighted by molar-refractivity contribution is 0.0982. The van der Waals surface area contributed by atoms with Gasteiger partial charge >= 0.3 is 0 Å². The third-order valence-corrected chi connectivity index (χ3v) is 4.77. The molecule has 4 aromatic rings. The van der Waals surface area contributed by atoms with Crippen LogP contribution in [0.2, 0.25) is 0 Å². The van der Waals surface area contributed by atoms with Crippen LogP contribution in [0.4, 0.5) is 0 Å². The Hall–Kier alpha value is -3.34. The highest BCUT2D eigenvalue weighted by Crippen LogP contribution is 2.22. The minimum atomic E-state index is 0.133. The number of pyridine rings is 1. The molecule has 0 aliphatic heterocycles. The second-order valence-electron chi connectivity index (χ2n) is 6.71. The summed E-state index contributed by atoms with van der Waals surface area (Å²) in [4.78, 5) is 17.2. The van der Waals surface area contributed by atoms with Gasteiger partial charge in [0, 0.05) is 18.2 Å². The monoisotopic (exact) mass is 356 g/mol. The maximum absolute atomic E-state index is 12.8. The van der Waals surface area contributed by atoms with Crippen molar-refractivity contribution in [3.8, 4) is 5.69 Å². The minimum absolute atomic E-state index is 0.133. The molecule has 0 bridgehead atoms. The highest BCUT2D eigenvalue weighted by Gasteiger charge is 2.15. The first kappa shape index (κ1) is 17.1. The van der Waals surface area contributed by atoms with Gasteiger partial charge in [0.15, 0.2) is 11.4 Å². The fourth-order valence-corrected chi connectivity index (χ4v) is 3.34. The highest BCUT2D eigenvalue weighted by atomic mass is 16.1. The molecule has 5 nitrogen and oxygen atoms in total. The molecule has 27 heavy (non-hydrogen) atoms. The number of rotatable bonds is 5. The Balaban J connectivity index is 1.63. The lowest BCUT2D eigenvalue weighted by atomic mass is 9.97. The molecule has 4 rings (SSSR count). The fourth-order valence-electron chi connectivity index (χ4n) is 3.34. The maximum Gasteiger partial charge on any atom is 0.183 e. The quantitative estimate of drug-likeness (QED) is 0.502. The van der Waals surface area contributed by atoms with Gasteiger partial charge in [-0.15, -0.1) is 5.10 Å². The Morgan fingerprint density at radius 2 is 1.89 bits per heavy atom. The van der Waals surface area contributed by atoms with Crippen molar-refractivity contribution in [2.24, 2.45) is 0 Å². The van der Waals surface area contributed by atoms with E-state index in [9.17, 15) is 4.79 Å². The van der Waals surface area contributed by atoms with Gasteiger partial charge in [-0.25, -0.2) is 4.98 Å². The molecule has 2 aromatic carbocycles. The third kappa shape index (κ3) is 3.36. The van der Waals surface area contributed by atoms with E-state index in [0.717, 1.165) is 28.8 Å². The van der Waals surface area contributed by atoms with Crippen molar-refractivity contribution < 1.29 is 4.79 Å². The predicted molar refractivity (Wildman–Crippen MR) is 105 cm³/mol. The number of carbonyl (C=O) groups is 1. The summed E-state index contributed by atoms with van der Waals surface area (Å²) in [6.07, 6.45) is 2.93. The lowest BCUT2D eigenvalue weighted by Crippen LogP contribution is -2.08. The normalized spacial score (nSPS) is 11.0. The second-order valence-corrected chi connectivity index (χ2v) is 6.71. The smallest absolute Gasteiger partial charge is 0.183 e. The summed E-state index contributed by atoms with van der Waals surface area (Å²) in [5.41, 5.74) is 6.26.